The van der Waals surface area contributed by atoms with Crippen LogP contribution in [0, 0.1) is 5.82 Å². The Morgan fingerprint density at radius 2 is 2.22 bits per heavy atom. The Kier molecular flexibility index (Phi) is 6.14. The van der Waals surface area contributed by atoms with Gasteiger partial charge in [0, 0.05) is 36.6 Å². The summed E-state index contributed by atoms with van der Waals surface area (Å²) in [6, 6.07) is 8.50. The lowest BCUT2D eigenvalue weighted by Crippen LogP contribution is -2.57. The van der Waals surface area contributed by atoms with Gasteiger partial charge in [-0.1, -0.05) is 6.07 Å². The summed E-state index contributed by atoms with van der Waals surface area (Å²) in [6.07, 6.45) is 1.10. The maximum Gasteiger partial charge on any atom is 0.256 e. The van der Waals surface area contributed by atoms with Crippen molar-refractivity contribution in [3.05, 3.63) is 52.0 Å². The first-order chi connectivity index (χ1) is 12.9. The number of hydrogen-bond acceptors (Lipinski definition) is 5. The molecular formula is C20H25FN2O3S. The number of thiophene rings is 1. The number of hydrogen-bond donors (Lipinski definition) is 1. The van der Waals surface area contributed by atoms with Crippen LogP contribution in [-0.4, -0.2) is 53.7 Å². The summed E-state index contributed by atoms with van der Waals surface area (Å²) in [6.45, 7) is 1.56. The quantitative estimate of drug-likeness (QED) is 0.787. The van der Waals surface area contributed by atoms with E-state index in [0.29, 0.717) is 37.2 Å². The molecule has 5 nitrogen and oxygen atoms in total. The molecule has 146 valence electrons. The average molecular weight is 392 g/mol. The Labute approximate surface area is 163 Å². The van der Waals surface area contributed by atoms with Crippen molar-refractivity contribution in [2.45, 2.75) is 31.5 Å². The van der Waals surface area contributed by atoms with Crippen LogP contribution < -0.4 is 4.74 Å². The number of benzene rings is 1. The number of ether oxygens (including phenoxy) is 1. The topological polar surface area (TPSA) is 53.0 Å². The summed E-state index contributed by atoms with van der Waals surface area (Å²) in [5.74, 6) is -0.177. The van der Waals surface area contributed by atoms with Gasteiger partial charge in [-0.25, -0.2) is 4.39 Å². The van der Waals surface area contributed by atoms with Crippen molar-refractivity contribution in [2.75, 3.05) is 27.2 Å². The maximum absolute atomic E-state index is 14.1. The molecule has 2 aromatic rings. The Morgan fingerprint density at radius 3 is 2.93 bits per heavy atom. The number of piperidine rings is 1. The number of likely N-dealkylation sites (tertiary alicyclic amines) is 1. The van der Waals surface area contributed by atoms with E-state index in [0.717, 1.165) is 0 Å². The molecule has 1 saturated heterocycles. The van der Waals surface area contributed by atoms with E-state index >= 15 is 0 Å². The summed E-state index contributed by atoms with van der Waals surface area (Å²) < 4.78 is 19.3. The van der Waals surface area contributed by atoms with Gasteiger partial charge in [-0.05, 0) is 49.5 Å². The number of amides is 1. The van der Waals surface area contributed by atoms with Gasteiger partial charge in [0.15, 0.2) is 5.60 Å². The molecule has 0 aliphatic carbocycles. The van der Waals surface area contributed by atoms with Crippen LogP contribution in [0.4, 0.5) is 4.39 Å². The van der Waals surface area contributed by atoms with E-state index in [4.69, 9.17) is 4.74 Å². The standard InChI is InChI=1S/C20H25FN2O3S/c1-22(13-17-5-3-10-27-17)14-20(25)8-4-9-23(19(20)24)12-15-11-16(26-2)6-7-18(15)21/h3,5-7,10-11,25H,4,8-9,12-14H2,1-2H3/t20-/m0/s1. The minimum absolute atomic E-state index is 0.124. The van der Waals surface area contributed by atoms with E-state index in [1.54, 1.807) is 28.4 Å². The molecule has 1 aliphatic heterocycles. The predicted octanol–water partition coefficient (Wildman–Crippen LogP) is 2.88. The lowest BCUT2D eigenvalue weighted by Gasteiger charge is -2.40. The van der Waals surface area contributed by atoms with E-state index in [-0.39, 0.29) is 24.8 Å². The normalized spacial score (nSPS) is 20.3. The third-order valence-electron chi connectivity index (χ3n) is 4.86. The second-order valence-corrected chi connectivity index (χ2v) is 8.10. The lowest BCUT2D eigenvalue weighted by atomic mass is 9.90. The number of likely N-dealkylation sites (N-methyl/N-ethyl adjacent to an activating group) is 1. The highest BCUT2D eigenvalue weighted by atomic mass is 32.1. The number of carbonyl (C=O) groups is 1. The molecule has 27 heavy (non-hydrogen) atoms. The first-order valence-corrected chi connectivity index (χ1v) is 9.84. The Hall–Kier alpha value is -1.96. The summed E-state index contributed by atoms with van der Waals surface area (Å²) in [7, 11) is 3.41. The van der Waals surface area contributed by atoms with E-state index in [2.05, 4.69) is 0 Å². The molecule has 3 rings (SSSR count). The van der Waals surface area contributed by atoms with Crippen LogP contribution >= 0.6 is 11.3 Å². The van der Waals surface area contributed by atoms with Gasteiger partial charge in [0.2, 0.25) is 0 Å². The summed E-state index contributed by atoms with van der Waals surface area (Å²) >= 11 is 1.65. The van der Waals surface area contributed by atoms with Gasteiger partial charge in [-0.2, -0.15) is 0 Å². The van der Waals surface area contributed by atoms with Crippen molar-refractivity contribution in [2.24, 2.45) is 0 Å². The molecule has 0 bridgehead atoms. The molecule has 1 aliphatic rings. The van der Waals surface area contributed by atoms with Gasteiger partial charge in [0.25, 0.3) is 5.91 Å². The van der Waals surface area contributed by atoms with E-state index in [1.807, 2.05) is 29.5 Å². The SMILES string of the molecule is COc1ccc(F)c(CN2CCC[C@](O)(CN(C)Cc3cccs3)C2=O)c1. The zero-order chi connectivity index (χ0) is 19.4. The van der Waals surface area contributed by atoms with Gasteiger partial charge in [-0.15, -0.1) is 11.3 Å². The molecule has 0 unspecified atom stereocenters. The molecule has 0 saturated carbocycles. The van der Waals surface area contributed by atoms with Crippen LogP contribution in [0.5, 0.6) is 5.75 Å². The highest BCUT2D eigenvalue weighted by Gasteiger charge is 2.43. The van der Waals surface area contributed by atoms with Gasteiger partial charge >= 0.3 is 0 Å². The molecule has 2 heterocycles. The Bertz CT molecular complexity index is 784. The molecule has 1 aromatic carbocycles. The van der Waals surface area contributed by atoms with Crippen molar-refractivity contribution in [3.63, 3.8) is 0 Å². The van der Waals surface area contributed by atoms with Crippen molar-refractivity contribution in [1.29, 1.82) is 0 Å². The molecule has 7 heteroatoms. The van der Waals surface area contributed by atoms with Crippen molar-refractivity contribution in [1.82, 2.24) is 9.80 Å². The van der Waals surface area contributed by atoms with Gasteiger partial charge in [0.05, 0.1) is 7.11 Å². The molecule has 1 aromatic heterocycles. The minimum Gasteiger partial charge on any atom is -0.497 e. The number of halogens is 1. The number of carbonyl (C=O) groups excluding carboxylic acids is 1. The molecule has 1 atom stereocenters. The molecular weight excluding hydrogens is 367 g/mol. The van der Waals surface area contributed by atoms with Crippen molar-refractivity contribution < 1.29 is 19.0 Å². The number of methoxy groups -OCH3 is 1. The monoisotopic (exact) mass is 392 g/mol. The third kappa shape index (κ3) is 4.66. The Balaban J connectivity index is 1.69. The first kappa shape index (κ1) is 19.8. The zero-order valence-corrected chi connectivity index (χ0v) is 16.5. The summed E-state index contributed by atoms with van der Waals surface area (Å²) in [5, 5.41) is 13.0. The number of aliphatic hydroxyl groups is 1. The second-order valence-electron chi connectivity index (χ2n) is 7.07. The van der Waals surface area contributed by atoms with Crippen LogP contribution in [0.3, 0.4) is 0 Å². The molecule has 1 fully saturated rings. The van der Waals surface area contributed by atoms with E-state index < -0.39 is 5.60 Å². The van der Waals surface area contributed by atoms with Crippen LogP contribution in [0.2, 0.25) is 0 Å². The van der Waals surface area contributed by atoms with Crippen LogP contribution in [0.1, 0.15) is 23.3 Å². The fourth-order valence-corrected chi connectivity index (χ4v) is 4.32. The number of nitrogens with zero attached hydrogens (tertiary/aromatic N) is 2. The molecule has 1 N–H and O–H groups in total. The van der Waals surface area contributed by atoms with Crippen LogP contribution in [0.25, 0.3) is 0 Å². The maximum atomic E-state index is 14.1. The second kappa shape index (κ2) is 8.37. The Morgan fingerprint density at radius 1 is 1.41 bits per heavy atom. The van der Waals surface area contributed by atoms with E-state index in [1.165, 1.54) is 18.1 Å². The predicted molar refractivity (Wildman–Crippen MR) is 103 cm³/mol. The largest absolute Gasteiger partial charge is 0.497 e. The van der Waals surface area contributed by atoms with Gasteiger partial charge in [0.1, 0.15) is 11.6 Å². The highest BCUT2D eigenvalue weighted by Crippen LogP contribution is 2.27. The molecule has 1 amide bonds. The van der Waals surface area contributed by atoms with E-state index in [9.17, 15) is 14.3 Å². The van der Waals surface area contributed by atoms with Crippen molar-refractivity contribution in [3.8, 4) is 5.75 Å². The molecule has 0 spiro atoms. The van der Waals surface area contributed by atoms with Crippen LogP contribution in [0.15, 0.2) is 35.7 Å². The first-order valence-electron chi connectivity index (χ1n) is 8.96. The molecule has 0 radical (unpaired) electrons. The average Bonchev–Trinajstić information content (AvgIpc) is 3.13. The van der Waals surface area contributed by atoms with Gasteiger partial charge in [-0.3, -0.25) is 9.69 Å². The summed E-state index contributed by atoms with van der Waals surface area (Å²) in [5.41, 5.74) is -1.06. The van der Waals surface area contributed by atoms with Crippen LogP contribution in [-0.2, 0) is 17.9 Å². The minimum atomic E-state index is -1.44. The smallest absolute Gasteiger partial charge is 0.256 e. The third-order valence-corrected chi connectivity index (χ3v) is 5.72. The number of rotatable bonds is 7. The fraction of sp³-hybridized carbons (Fsp3) is 0.450. The lowest BCUT2D eigenvalue weighted by molar-refractivity contribution is -0.160. The highest BCUT2D eigenvalue weighted by molar-refractivity contribution is 7.09. The van der Waals surface area contributed by atoms with Crippen molar-refractivity contribution >= 4 is 17.2 Å². The van der Waals surface area contributed by atoms with Gasteiger partial charge < -0.3 is 14.7 Å². The fourth-order valence-electron chi connectivity index (χ4n) is 3.54. The zero-order valence-electron chi connectivity index (χ0n) is 15.7. The summed E-state index contributed by atoms with van der Waals surface area (Å²) in [4.78, 5) is 17.6.